The number of aryl methyl sites for hydroxylation is 1. The molecular formula is C16H23BrN2O2. The van der Waals surface area contributed by atoms with Crippen molar-refractivity contribution in [3.63, 3.8) is 0 Å². The molecule has 1 aliphatic rings. The fourth-order valence-corrected chi connectivity index (χ4v) is 3.19. The number of ether oxygens (including phenoxy) is 1. The fourth-order valence-electron chi connectivity index (χ4n) is 2.72. The van der Waals surface area contributed by atoms with E-state index in [0.717, 1.165) is 15.7 Å². The molecule has 1 aromatic rings. The fraction of sp³-hybridized carbons (Fsp3) is 0.562. The van der Waals surface area contributed by atoms with Crippen LogP contribution in [0.4, 0.5) is 5.69 Å². The van der Waals surface area contributed by atoms with Crippen LogP contribution >= 0.6 is 15.9 Å². The molecule has 1 fully saturated rings. The summed E-state index contributed by atoms with van der Waals surface area (Å²) in [6.07, 6.45) is 0.193. The number of hydrogen-bond donors (Lipinski definition) is 1. The van der Waals surface area contributed by atoms with Crippen molar-refractivity contribution in [2.75, 3.05) is 18.4 Å². The Labute approximate surface area is 135 Å². The van der Waals surface area contributed by atoms with Crippen molar-refractivity contribution in [2.24, 2.45) is 0 Å². The monoisotopic (exact) mass is 354 g/mol. The van der Waals surface area contributed by atoms with Crippen LogP contribution in [-0.4, -0.2) is 42.1 Å². The second-order valence-electron chi connectivity index (χ2n) is 5.83. The maximum atomic E-state index is 12.6. The third-order valence-corrected chi connectivity index (χ3v) is 4.16. The molecule has 0 spiro atoms. The Kier molecular flexibility index (Phi) is 5.27. The van der Waals surface area contributed by atoms with Gasteiger partial charge in [-0.2, -0.15) is 0 Å². The molecule has 1 N–H and O–H groups in total. The van der Waals surface area contributed by atoms with E-state index in [0.29, 0.717) is 13.1 Å². The standard InChI is InChI=1S/C16H23BrN2O2/c1-10-7-14(17)5-6-15(10)18-13(4)16(20)19-8-11(2)21-12(3)9-19/h5-7,11-13,18H,8-9H2,1-4H3/t11-,12-,13+/m0/s1. The summed E-state index contributed by atoms with van der Waals surface area (Å²) >= 11 is 3.45. The molecular weight excluding hydrogens is 332 g/mol. The van der Waals surface area contributed by atoms with Gasteiger partial charge in [0.1, 0.15) is 6.04 Å². The Morgan fingerprint density at radius 3 is 2.57 bits per heavy atom. The van der Waals surface area contributed by atoms with E-state index in [2.05, 4.69) is 21.2 Å². The SMILES string of the molecule is Cc1cc(Br)ccc1N[C@H](C)C(=O)N1C[C@H](C)O[C@@H](C)C1. The molecule has 21 heavy (non-hydrogen) atoms. The molecule has 0 radical (unpaired) electrons. The highest BCUT2D eigenvalue weighted by Crippen LogP contribution is 2.21. The highest BCUT2D eigenvalue weighted by atomic mass is 79.9. The number of nitrogens with one attached hydrogen (secondary N) is 1. The van der Waals surface area contributed by atoms with Gasteiger partial charge in [0, 0.05) is 23.2 Å². The van der Waals surface area contributed by atoms with E-state index in [4.69, 9.17) is 4.74 Å². The molecule has 1 amide bonds. The number of carbonyl (C=O) groups is 1. The molecule has 1 aliphatic heterocycles. The van der Waals surface area contributed by atoms with Gasteiger partial charge in [0.05, 0.1) is 12.2 Å². The maximum absolute atomic E-state index is 12.6. The first-order valence-electron chi connectivity index (χ1n) is 7.33. The van der Waals surface area contributed by atoms with E-state index in [1.807, 2.05) is 50.8 Å². The molecule has 1 aromatic carbocycles. The minimum atomic E-state index is -0.248. The van der Waals surface area contributed by atoms with Crippen LogP contribution in [0.25, 0.3) is 0 Å². The third-order valence-electron chi connectivity index (χ3n) is 3.66. The van der Waals surface area contributed by atoms with Gasteiger partial charge in [-0.25, -0.2) is 0 Å². The van der Waals surface area contributed by atoms with Crippen molar-refractivity contribution in [2.45, 2.75) is 45.9 Å². The summed E-state index contributed by atoms with van der Waals surface area (Å²) in [5.74, 6) is 0.124. The average molecular weight is 355 g/mol. The van der Waals surface area contributed by atoms with Gasteiger partial charge >= 0.3 is 0 Å². The van der Waals surface area contributed by atoms with Crippen molar-refractivity contribution in [3.8, 4) is 0 Å². The molecule has 1 saturated heterocycles. The molecule has 0 saturated carbocycles. The highest BCUT2D eigenvalue weighted by Gasteiger charge is 2.28. The summed E-state index contributed by atoms with van der Waals surface area (Å²) in [5.41, 5.74) is 2.11. The number of anilines is 1. The molecule has 3 atom stereocenters. The Morgan fingerprint density at radius 1 is 1.38 bits per heavy atom. The number of carbonyl (C=O) groups excluding carboxylic acids is 1. The van der Waals surface area contributed by atoms with Crippen LogP contribution in [0.5, 0.6) is 0 Å². The van der Waals surface area contributed by atoms with Crippen LogP contribution < -0.4 is 5.32 Å². The normalized spacial score (nSPS) is 23.8. The van der Waals surface area contributed by atoms with Gasteiger partial charge < -0.3 is 15.0 Å². The minimum absolute atomic E-state index is 0.0966. The number of rotatable bonds is 3. The Morgan fingerprint density at radius 2 is 2.00 bits per heavy atom. The van der Waals surface area contributed by atoms with Gasteiger partial charge in [-0.1, -0.05) is 15.9 Å². The number of amides is 1. The lowest BCUT2D eigenvalue weighted by Gasteiger charge is -2.36. The van der Waals surface area contributed by atoms with Gasteiger partial charge in [-0.3, -0.25) is 4.79 Å². The summed E-state index contributed by atoms with van der Waals surface area (Å²) in [5, 5.41) is 3.31. The minimum Gasteiger partial charge on any atom is -0.374 e. The molecule has 0 unspecified atom stereocenters. The molecule has 4 nitrogen and oxygen atoms in total. The molecule has 5 heteroatoms. The van der Waals surface area contributed by atoms with Gasteiger partial charge in [-0.15, -0.1) is 0 Å². The van der Waals surface area contributed by atoms with E-state index in [9.17, 15) is 4.79 Å². The zero-order valence-corrected chi connectivity index (χ0v) is 14.6. The lowest BCUT2D eigenvalue weighted by Crippen LogP contribution is -2.52. The van der Waals surface area contributed by atoms with Crippen molar-refractivity contribution < 1.29 is 9.53 Å². The van der Waals surface area contributed by atoms with Crippen LogP contribution in [0.1, 0.15) is 26.3 Å². The van der Waals surface area contributed by atoms with Crippen molar-refractivity contribution in [1.29, 1.82) is 0 Å². The van der Waals surface area contributed by atoms with Gasteiger partial charge in [0.25, 0.3) is 0 Å². The van der Waals surface area contributed by atoms with E-state index >= 15 is 0 Å². The lowest BCUT2D eigenvalue weighted by molar-refractivity contribution is -0.143. The van der Waals surface area contributed by atoms with Gasteiger partial charge in [0.15, 0.2) is 0 Å². The molecule has 2 rings (SSSR count). The number of hydrogen-bond acceptors (Lipinski definition) is 3. The zero-order chi connectivity index (χ0) is 15.6. The number of morpholine rings is 1. The first-order chi connectivity index (χ1) is 9.86. The van der Waals surface area contributed by atoms with E-state index in [-0.39, 0.29) is 24.2 Å². The molecule has 0 aromatic heterocycles. The average Bonchev–Trinajstić information content (AvgIpc) is 2.40. The van der Waals surface area contributed by atoms with E-state index in [1.54, 1.807) is 0 Å². The molecule has 116 valence electrons. The van der Waals surface area contributed by atoms with Gasteiger partial charge in [-0.05, 0) is 51.5 Å². The predicted octanol–water partition coefficient (Wildman–Crippen LogP) is 3.19. The van der Waals surface area contributed by atoms with Gasteiger partial charge in [0.2, 0.25) is 5.91 Å². The summed E-state index contributed by atoms with van der Waals surface area (Å²) in [4.78, 5) is 14.5. The summed E-state index contributed by atoms with van der Waals surface area (Å²) in [7, 11) is 0. The first kappa shape index (κ1) is 16.3. The second kappa shape index (κ2) is 6.79. The number of benzene rings is 1. The smallest absolute Gasteiger partial charge is 0.244 e. The van der Waals surface area contributed by atoms with Crippen molar-refractivity contribution >= 4 is 27.5 Å². The van der Waals surface area contributed by atoms with Crippen LogP contribution in [0, 0.1) is 6.92 Å². The zero-order valence-electron chi connectivity index (χ0n) is 13.0. The van der Waals surface area contributed by atoms with Crippen molar-refractivity contribution in [1.82, 2.24) is 4.90 Å². The largest absolute Gasteiger partial charge is 0.374 e. The van der Waals surface area contributed by atoms with Crippen LogP contribution in [0.3, 0.4) is 0 Å². The van der Waals surface area contributed by atoms with Crippen LogP contribution in [0.2, 0.25) is 0 Å². The number of halogens is 1. The first-order valence-corrected chi connectivity index (χ1v) is 8.13. The molecule has 1 heterocycles. The quantitative estimate of drug-likeness (QED) is 0.906. The van der Waals surface area contributed by atoms with Crippen LogP contribution in [-0.2, 0) is 9.53 Å². The highest BCUT2D eigenvalue weighted by molar-refractivity contribution is 9.10. The van der Waals surface area contributed by atoms with Crippen molar-refractivity contribution in [3.05, 3.63) is 28.2 Å². The second-order valence-corrected chi connectivity index (χ2v) is 6.74. The van der Waals surface area contributed by atoms with Crippen LogP contribution in [0.15, 0.2) is 22.7 Å². The maximum Gasteiger partial charge on any atom is 0.244 e. The predicted molar refractivity (Wildman–Crippen MR) is 88.6 cm³/mol. The summed E-state index contributed by atoms with van der Waals surface area (Å²) in [6, 6.07) is 5.76. The van der Waals surface area contributed by atoms with E-state index in [1.165, 1.54) is 0 Å². The third kappa shape index (κ3) is 4.20. The number of nitrogens with zero attached hydrogens (tertiary/aromatic N) is 1. The Hall–Kier alpha value is -1.07. The topological polar surface area (TPSA) is 41.6 Å². The molecule has 0 aliphatic carbocycles. The lowest BCUT2D eigenvalue weighted by atomic mass is 10.1. The summed E-state index contributed by atoms with van der Waals surface area (Å²) in [6.45, 7) is 9.28. The summed E-state index contributed by atoms with van der Waals surface area (Å²) < 4.78 is 6.72. The molecule has 0 bridgehead atoms. The van der Waals surface area contributed by atoms with E-state index < -0.39 is 0 Å². The Balaban J connectivity index is 2.02. The Bertz CT molecular complexity index is 511.